The SMILES string of the molecule is COc1c(O)ccc(/C=N\NC(=O)COc2c(C)ccc(C)c2C)c1[N+](=O)[O-]. The van der Waals surface area contributed by atoms with Crippen molar-refractivity contribution in [2.24, 2.45) is 5.10 Å². The Labute approximate surface area is 161 Å². The highest BCUT2D eigenvalue weighted by Crippen LogP contribution is 2.37. The molecule has 0 unspecified atom stereocenters. The zero-order valence-corrected chi connectivity index (χ0v) is 16.0. The van der Waals surface area contributed by atoms with Gasteiger partial charge < -0.3 is 14.6 Å². The molecule has 2 rings (SSSR count). The summed E-state index contributed by atoms with van der Waals surface area (Å²) in [5.41, 5.74) is 4.76. The van der Waals surface area contributed by atoms with E-state index in [9.17, 15) is 20.0 Å². The summed E-state index contributed by atoms with van der Waals surface area (Å²) in [5.74, 6) is -0.537. The van der Waals surface area contributed by atoms with E-state index in [0.29, 0.717) is 5.75 Å². The van der Waals surface area contributed by atoms with Crippen molar-refractivity contribution < 1.29 is 24.3 Å². The highest BCUT2D eigenvalue weighted by Gasteiger charge is 2.23. The van der Waals surface area contributed by atoms with Crippen molar-refractivity contribution in [2.75, 3.05) is 13.7 Å². The van der Waals surface area contributed by atoms with Gasteiger partial charge >= 0.3 is 5.69 Å². The molecule has 2 aromatic carbocycles. The van der Waals surface area contributed by atoms with Crippen LogP contribution in [0, 0.1) is 30.9 Å². The van der Waals surface area contributed by atoms with E-state index in [1.54, 1.807) is 0 Å². The molecular formula is C19H21N3O6. The maximum absolute atomic E-state index is 12.0. The lowest BCUT2D eigenvalue weighted by atomic mass is 10.1. The summed E-state index contributed by atoms with van der Waals surface area (Å²) in [6.07, 6.45) is 1.10. The van der Waals surface area contributed by atoms with Gasteiger partial charge in [-0.3, -0.25) is 14.9 Å². The van der Waals surface area contributed by atoms with Crippen molar-refractivity contribution in [3.63, 3.8) is 0 Å². The number of aryl methyl sites for hydroxylation is 2. The topological polar surface area (TPSA) is 123 Å². The smallest absolute Gasteiger partial charge is 0.323 e. The average molecular weight is 387 g/mol. The number of carbonyl (C=O) groups is 1. The molecule has 0 bridgehead atoms. The van der Waals surface area contributed by atoms with Crippen LogP contribution in [-0.4, -0.2) is 35.9 Å². The zero-order valence-electron chi connectivity index (χ0n) is 16.0. The zero-order chi connectivity index (χ0) is 20.8. The molecule has 0 fully saturated rings. The largest absolute Gasteiger partial charge is 0.504 e. The second-order valence-corrected chi connectivity index (χ2v) is 6.05. The van der Waals surface area contributed by atoms with Crippen molar-refractivity contribution in [1.29, 1.82) is 0 Å². The number of amides is 1. The van der Waals surface area contributed by atoms with Gasteiger partial charge in [0.05, 0.1) is 23.8 Å². The summed E-state index contributed by atoms with van der Waals surface area (Å²) in [7, 11) is 1.21. The number of nitrogens with one attached hydrogen (secondary N) is 1. The van der Waals surface area contributed by atoms with Crippen molar-refractivity contribution in [3.8, 4) is 17.2 Å². The number of hydrazone groups is 1. The minimum absolute atomic E-state index is 0.0613. The minimum Gasteiger partial charge on any atom is -0.504 e. The van der Waals surface area contributed by atoms with Crippen LogP contribution in [-0.2, 0) is 4.79 Å². The van der Waals surface area contributed by atoms with Crippen LogP contribution in [0.4, 0.5) is 5.69 Å². The number of phenols is 1. The molecular weight excluding hydrogens is 366 g/mol. The first-order valence-electron chi connectivity index (χ1n) is 8.32. The predicted molar refractivity (Wildman–Crippen MR) is 103 cm³/mol. The second-order valence-electron chi connectivity index (χ2n) is 6.05. The fourth-order valence-electron chi connectivity index (χ4n) is 2.56. The normalized spacial score (nSPS) is 10.7. The Balaban J connectivity index is 2.07. The van der Waals surface area contributed by atoms with Gasteiger partial charge in [-0.2, -0.15) is 5.10 Å². The summed E-state index contributed by atoms with van der Waals surface area (Å²) in [5, 5.41) is 24.6. The Morgan fingerprint density at radius 2 is 1.89 bits per heavy atom. The van der Waals surface area contributed by atoms with Crippen LogP contribution in [0.1, 0.15) is 22.3 Å². The van der Waals surface area contributed by atoms with Crippen molar-refractivity contribution in [2.45, 2.75) is 20.8 Å². The number of methoxy groups -OCH3 is 1. The maximum Gasteiger partial charge on any atom is 0.323 e. The van der Waals surface area contributed by atoms with Gasteiger partial charge in [0, 0.05) is 0 Å². The van der Waals surface area contributed by atoms with Crippen LogP contribution in [0.3, 0.4) is 0 Å². The Morgan fingerprint density at radius 1 is 1.21 bits per heavy atom. The van der Waals surface area contributed by atoms with Gasteiger partial charge in [-0.05, 0) is 49.6 Å². The summed E-state index contributed by atoms with van der Waals surface area (Å²) in [6.45, 7) is 5.48. The number of hydrogen-bond donors (Lipinski definition) is 2. The number of nitro groups is 1. The lowest BCUT2D eigenvalue weighted by Gasteiger charge is -2.13. The van der Waals surface area contributed by atoms with E-state index in [0.717, 1.165) is 22.9 Å². The molecule has 0 atom stereocenters. The Bertz CT molecular complexity index is 940. The molecule has 1 amide bonds. The molecule has 0 saturated heterocycles. The van der Waals surface area contributed by atoms with Crippen LogP contribution in [0.15, 0.2) is 29.4 Å². The number of phenolic OH excluding ortho intramolecular Hbond substituents is 1. The number of nitrogens with zero attached hydrogens (tertiary/aromatic N) is 2. The summed E-state index contributed by atoms with van der Waals surface area (Å²) >= 11 is 0. The van der Waals surface area contributed by atoms with Gasteiger partial charge in [0.2, 0.25) is 5.75 Å². The molecule has 0 spiro atoms. The molecule has 2 aromatic rings. The number of rotatable bonds is 7. The number of aromatic hydroxyl groups is 1. The highest BCUT2D eigenvalue weighted by molar-refractivity contribution is 5.89. The molecule has 0 aromatic heterocycles. The summed E-state index contributed by atoms with van der Waals surface area (Å²) in [6, 6.07) is 6.41. The average Bonchev–Trinajstić information content (AvgIpc) is 2.65. The molecule has 0 heterocycles. The lowest BCUT2D eigenvalue weighted by molar-refractivity contribution is -0.386. The van der Waals surface area contributed by atoms with Gasteiger partial charge in [0.25, 0.3) is 5.91 Å². The molecule has 148 valence electrons. The molecule has 0 aliphatic carbocycles. The number of ether oxygens (including phenoxy) is 2. The molecule has 0 radical (unpaired) electrons. The monoisotopic (exact) mass is 387 g/mol. The van der Waals surface area contributed by atoms with Crippen LogP contribution in [0.5, 0.6) is 17.2 Å². The van der Waals surface area contributed by atoms with Crippen LogP contribution in [0.2, 0.25) is 0 Å². The van der Waals surface area contributed by atoms with E-state index in [2.05, 4.69) is 10.5 Å². The van der Waals surface area contributed by atoms with Crippen molar-refractivity contribution >= 4 is 17.8 Å². The van der Waals surface area contributed by atoms with E-state index < -0.39 is 16.5 Å². The van der Waals surface area contributed by atoms with E-state index >= 15 is 0 Å². The first-order valence-corrected chi connectivity index (χ1v) is 8.32. The fourth-order valence-corrected chi connectivity index (χ4v) is 2.56. The molecule has 0 saturated carbocycles. The Morgan fingerprint density at radius 3 is 2.54 bits per heavy atom. The summed E-state index contributed by atoms with van der Waals surface area (Å²) < 4.78 is 10.4. The second kappa shape index (κ2) is 8.85. The number of carbonyl (C=O) groups excluding carboxylic acids is 1. The lowest BCUT2D eigenvalue weighted by Crippen LogP contribution is -2.25. The number of hydrogen-bond acceptors (Lipinski definition) is 7. The van der Waals surface area contributed by atoms with Gasteiger partial charge in [0.15, 0.2) is 12.4 Å². The standard InChI is InChI=1S/C19H21N3O6/c1-11-5-6-12(2)18(13(11)3)28-10-16(24)21-20-9-14-7-8-15(23)19(27-4)17(14)22(25)26/h5-9,23H,10H2,1-4H3,(H,21,24)/b20-9-. The Hall–Kier alpha value is -3.62. The number of benzene rings is 2. The summed E-state index contributed by atoms with van der Waals surface area (Å²) in [4.78, 5) is 22.5. The van der Waals surface area contributed by atoms with Crippen LogP contribution < -0.4 is 14.9 Å². The Kier molecular flexibility index (Phi) is 6.54. The van der Waals surface area contributed by atoms with Gasteiger partial charge in [-0.25, -0.2) is 5.43 Å². The molecule has 0 aliphatic rings. The quantitative estimate of drug-likeness (QED) is 0.428. The maximum atomic E-state index is 12.0. The molecule has 9 heteroatoms. The molecule has 28 heavy (non-hydrogen) atoms. The third-order valence-corrected chi connectivity index (χ3v) is 4.14. The van der Waals surface area contributed by atoms with E-state index in [1.165, 1.54) is 19.2 Å². The molecule has 9 nitrogen and oxygen atoms in total. The van der Waals surface area contributed by atoms with Crippen molar-refractivity contribution in [1.82, 2.24) is 5.43 Å². The fraction of sp³-hybridized carbons (Fsp3) is 0.263. The van der Waals surface area contributed by atoms with E-state index in [-0.39, 0.29) is 23.7 Å². The van der Waals surface area contributed by atoms with E-state index in [4.69, 9.17) is 9.47 Å². The van der Waals surface area contributed by atoms with Gasteiger partial charge in [0.1, 0.15) is 5.75 Å². The first-order chi connectivity index (χ1) is 13.3. The third-order valence-electron chi connectivity index (χ3n) is 4.14. The molecule has 0 aliphatic heterocycles. The van der Waals surface area contributed by atoms with Crippen LogP contribution in [0.25, 0.3) is 0 Å². The van der Waals surface area contributed by atoms with Crippen LogP contribution >= 0.6 is 0 Å². The van der Waals surface area contributed by atoms with E-state index in [1.807, 2.05) is 32.9 Å². The van der Waals surface area contributed by atoms with Gasteiger partial charge in [-0.15, -0.1) is 0 Å². The highest BCUT2D eigenvalue weighted by atomic mass is 16.6. The first kappa shape index (κ1) is 20.7. The van der Waals surface area contributed by atoms with Crippen molar-refractivity contribution in [3.05, 3.63) is 56.6 Å². The molecule has 2 N–H and O–H groups in total. The minimum atomic E-state index is -0.700. The number of nitro benzene ring substituents is 1. The third kappa shape index (κ3) is 4.56. The predicted octanol–water partition coefficient (Wildman–Crippen LogP) is 2.76. The van der Waals surface area contributed by atoms with Gasteiger partial charge in [-0.1, -0.05) is 12.1 Å².